The molecule has 72 valence electrons. The Hall–Kier alpha value is -1.52. The predicted molar refractivity (Wildman–Crippen MR) is 63.0 cm³/mol. The Morgan fingerprint density at radius 2 is 2.00 bits per heavy atom. The first-order valence-corrected chi connectivity index (χ1v) is 4.97. The van der Waals surface area contributed by atoms with Crippen molar-refractivity contribution in [2.24, 2.45) is 0 Å². The number of allylic oxidation sites excluding steroid dienone is 2. The molecular formula is C14H16. The average Bonchev–Trinajstić information content (AvgIpc) is 2.25. The van der Waals surface area contributed by atoms with Gasteiger partial charge in [0.25, 0.3) is 0 Å². The molecule has 0 bridgehead atoms. The summed E-state index contributed by atoms with van der Waals surface area (Å²) in [6.45, 7) is 4.23. The van der Waals surface area contributed by atoms with Crippen LogP contribution in [0.4, 0.5) is 0 Å². The lowest BCUT2D eigenvalue weighted by molar-refractivity contribution is 1.10. The van der Waals surface area contributed by atoms with Crippen LogP contribution < -0.4 is 0 Å². The summed E-state index contributed by atoms with van der Waals surface area (Å²) in [5.74, 6) is 0. The molecule has 0 nitrogen and oxygen atoms in total. The summed E-state index contributed by atoms with van der Waals surface area (Å²) in [5, 5.41) is 0. The van der Waals surface area contributed by atoms with Gasteiger partial charge in [-0.2, -0.15) is 0 Å². The summed E-state index contributed by atoms with van der Waals surface area (Å²) in [6.07, 6.45) is 7.13. The van der Waals surface area contributed by atoms with Crippen LogP contribution in [-0.4, -0.2) is 0 Å². The summed E-state index contributed by atoms with van der Waals surface area (Å²) >= 11 is 0. The second kappa shape index (κ2) is 6.01. The van der Waals surface area contributed by atoms with E-state index in [0.29, 0.717) is 0 Å². The molecule has 0 spiro atoms. The highest BCUT2D eigenvalue weighted by Crippen LogP contribution is 2.01. The van der Waals surface area contributed by atoms with Crippen molar-refractivity contribution >= 4 is 6.08 Å². The molecular weight excluding hydrogens is 168 g/mol. The Balaban J connectivity index is 2.63. The van der Waals surface area contributed by atoms with Crippen LogP contribution in [-0.2, 0) is 0 Å². The minimum atomic E-state index is 1.07. The van der Waals surface area contributed by atoms with Gasteiger partial charge in [0, 0.05) is 0 Å². The van der Waals surface area contributed by atoms with Gasteiger partial charge in [0.2, 0.25) is 0 Å². The maximum absolute atomic E-state index is 3.21. The molecule has 1 aromatic carbocycles. The molecule has 0 heterocycles. The zero-order valence-corrected chi connectivity index (χ0v) is 8.83. The van der Waals surface area contributed by atoms with Crippen molar-refractivity contribution in [1.82, 2.24) is 0 Å². The smallest absolute Gasteiger partial charge is 0.0200 e. The quantitative estimate of drug-likeness (QED) is 0.487. The summed E-state index contributed by atoms with van der Waals surface area (Å²) in [4.78, 5) is 0. The van der Waals surface area contributed by atoms with Crippen LogP contribution in [0, 0.1) is 0 Å². The van der Waals surface area contributed by atoms with Crippen LogP contribution in [0.15, 0.2) is 53.8 Å². The summed E-state index contributed by atoms with van der Waals surface area (Å²) in [7, 11) is 0. The van der Waals surface area contributed by atoms with Crippen molar-refractivity contribution in [2.45, 2.75) is 20.3 Å². The first kappa shape index (κ1) is 10.6. The molecule has 1 rings (SSSR count). The summed E-state index contributed by atoms with van der Waals surface area (Å²) in [6, 6.07) is 10.3. The predicted octanol–water partition coefficient (Wildman–Crippen LogP) is 4.21. The molecule has 0 radical (unpaired) electrons. The molecule has 0 unspecified atom stereocenters. The highest BCUT2D eigenvalue weighted by molar-refractivity contribution is 5.50. The topological polar surface area (TPSA) is 0 Å². The molecule has 0 heteroatoms. The van der Waals surface area contributed by atoms with Gasteiger partial charge in [-0.3, -0.25) is 0 Å². The second-order valence-corrected chi connectivity index (χ2v) is 3.21. The highest BCUT2D eigenvalue weighted by Gasteiger charge is 1.79. The first-order valence-electron chi connectivity index (χ1n) is 4.97. The van der Waals surface area contributed by atoms with E-state index in [-0.39, 0.29) is 0 Å². The van der Waals surface area contributed by atoms with Crippen LogP contribution in [0.25, 0.3) is 6.08 Å². The number of hydrogen-bond acceptors (Lipinski definition) is 0. The Kier molecular flexibility index (Phi) is 4.54. The molecule has 0 aliphatic carbocycles. The van der Waals surface area contributed by atoms with Crippen LogP contribution in [0.5, 0.6) is 0 Å². The van der Waals surface area contributed by atoms with Crippen molar-refractivity contribution in [2.75, 3.05) is 0 Å². The van der Waals surface area contributed by atoms with Gasteiger partial charge >= 0.3 is 0 Å². The fourth-order valence-corrected chi connectivity index (χ4v) is 1.02. The SMILES string of the molecule is CCC(C)=C=C/C=C/c1ccccc1. The Bertz CT molecular complexity index is 349. The third-order valence-electron chi connectivity index (χ3n) is 2.04. The lowest BCUT2D eigenvalue weighted by Crippen LogP contribution is -1.67. The molecule has 0 aliphatic rings. The van der Waals surface area contributed by atoms with Gasteiger partial charge in [0.05, 0.1) is 0 Å². The first-order chi connectivity index (χ1) is 6.83. The maximum atomic E-state index is 3.21. The van der Waals surface area contributed by atoms with Gasteiger partial charge in [0.15, 0.2) is 0 Å². The highest BCUT2D eigenvalue weighted by atomic mass is 13.9. The van der Waals surface area contributed by atoms with E-state index in [4.69, 9.17) is 0 Å². The van der Waals surface area contributed by atoms with E-state index in [2.05, 4.69) is 37.8 Å². The minimum absolute atomic E-state index is 1.07. The van der Waals surface area contributed by atoms with Crippen LogP contribution >= 0.6 is 0 Å². The van der Waals surface area contributed by atoms with Gasteiger partial charge < -0.3 is 0 Å². The number of benzene rings is 1. The molecule has 0 N–H and O–H groups in total. The number of hydrogen-bond donors (Lipinski definition) is 0. The molecule has 0 atom stereocenters. The van der Waals surface area contributed by atoms with E-state index in [1.807, 2.05) is 30.4 Å². The second-order valence-electron chi connectivity index (χ2n) is 3.21. The largest absolute Gasteiger partial charge is 0.122 e. The normalized spacial score (nSPS) is 9.86. The van der Waals surface area contributed by atoms with Gasteiger partial charge in [-0.25, -0.2) is 0 Å². The van der Waals surface area contributed by atoms with E-state index in [1.54, 1.807) is 0 Å². The van der Waals surface area contributed by atoms with Crippen molar-refractivity contribution in [3.8, 4) is 0 Å². The molecule has 0 saturated carbocycles. The summed E-state index contributed by atoms with van der Waals surface area (Å²) in [5.41, 5.74) is 5.71. The van der Waals surface area contributed by atoms with Crippen LogP contribution in [0.1, 0.15) is 25.8 Å². The molecule has 0 aromatic heterocycles. The van der Waals surface area contributed by atoms with E-state index in [0.717, 1.165) is 6.42 Å². The van der Waals surface area contributed by atoms with Crippen molar-refractivity contribution < 1.29 is 0 Å². The Morgan fingerprint density at radius 3 is 2.64 bits per heavy atom. The van der Waals surface area contributed by atoms with E-state index < -0.39 is 0 Å². The molecule has 1 aromatic rings. The Morgan fingerprint density at radius 1 is 1.29 bits per heavy atom. The van der Waals surface area contributed by atoms with Crippen LogP contribution in [0.2, 0.25) is 0 Å². The van der Waals surface area contributed by atoms with Crippen molar-refractivity contribution in [1.29, 1.82) is 0 Å². The minimum Gasteiger partial charge on any atom is -0.122 e. The fourth-order valence-electron chi connectivity index (χ4n) is 1.02. The lowest BCUT2D eigenvalue weighted by atomic mass is 10.2. The molecule has 0 amide bonds. The number of rotatable bonds is 3. The monoisotopic (exact) mass is 184 g/mol. The maximum Gasteiger partial charge on any atom is -0.0200 e. The average molecular weight is 184 g/mol. The molecule has 0 fully saturated rings. The van der Waals surface area contributed by atoms with Crippen molar-refractivity contribution in [3.63, 3.8) is 0 Å². The van der Waals surface area contributed by atoms with Crippen molar-refractivity contribution in [3.05, 3.63) is 59.4 Å². The summed E-state index contributed by atoms with van der Waals surface area (Å²) < 4.78 is 0. The van der Waals surface area contributed by atoms with Gasteiger partial charge in [-0.05, 0) is 30.6 Å². The Labute approximate surface area is 86.3 Å². The zero-order chi connectivity index (χ0) is 10.2. The molecule has 0 saturated heterocycles. The van der Waals surface area contributed by atoms with Gasteiger partial charge in [0.1, 0.15) is 0 Å². The third kappa shape index (κ3) is 3.93. The van der Waals surface area contributed by atoms with E-state index >= 15 is 0 Å². The lowest BCUT2D eigenvalue weighted by Gasteiger charge is -1.88. The van der Waals surface area contributed by atoms with Gasteiger partial charge in [-0.15, -0.1) is 5.73 Å². The molecule has 0 aliphatic heterocycles. The van der Waals surface area contributed by atoms with E-state index in [1.165, 1.54) is 11.1 Å². The van der Waals surface area contributed by atoms with Gasteiger partial charge in [-0.1, -0.05) is 49.4 Å². The zero-order valence-electron chi connectivity index (χ0n) is 8.83. The fraction of sp³-hybridized carbons (Fsp3) is 0.214. The molecule has 14 heavy (non-hydrogen) atoms. The van der Waals surface area contributed by atoms with Crippen LogP contribution in [0.3, 0.4) is 0 Å². The third-order valence-corrected chi connectivity index (χ3v) is 2.04. The standard InChI is InChI=1S/C14H16/c1-3-13(2)9-7-8-12-14-10-5-4-6-11-14/h4-8,10-12H,3H2,1-2H3/b12-8+. The van der Waals surface area contributed by atoms with E-state index in [9.17, 15) is 0 Å².